The second-order valence-electron chi connectivity index (χ2n) is 8.94. The third-order valence-electron chi connectivity index (χ3n) is 5.34. The summed E-state index contributed by atoms with van der Waals surface area (Å²) in [6.45, 7) is 7.02. The third-order valence-corrected chi connectivity index (χ3v) is 6.62. The first-order valence-electron chi connectivity index (χ1n) is 9.92. The van der Waals surface area contributed by atoms with Crippen LogP contribution in [0, 0.1) is 5.41 Å². The molecule has 1 unspecified atom stereocenters. The van der Waals surface area contributed by atoms with E-state index in [1.54, 1.807) is 21.9 Å². The highest BCUT2D eigenvalue weighted by atomic mass is 35.5. The zero-order valence-electron chi connectivity index (χ0n) is 17.2. The molecule has 4 rings (SSSR count). The lowest BCUT2D eigenvalue weighted by Gasteiger charge is -2.40. The van der Waals surface area contributed by atoms with Gasteiger partial charge in [0.1, 0.15) is 6.04 Å². The van der Waals surface area contributed by atoms with Crippen molar-refractivity contribution in [2.45, 2.75) is 33.2 Å². The first-order chi connectivity index (χ1) is 14.1. The summed E-state index contributed by atoms with van der Waals surface area (Å²) < 4.78 is 0.677. The lowest BCUT2D eigenvalue weighted by atomic mass is 9.91. The van der Waals surface area contributed by atoms with E-state index >= 15 is 0 Å². The maximum absolute atomic E-state index is 13.3. The Balaban J connectivity index is 1.60. The molecule has 0 spiro atoms. The Morgan fingerprint density at radius 3 is 2.63 bits per heavy atom. The Hall–Kier alpha value is -2.38. The smallest absolute Gasteiger partial charge is 0.256 e. The molecule has 2 aromatic rings. The van der Waals surface area contributed by atoms with Crippen molar-refractivity contribution < 1.29 is 14.4 Å². The summed E-state index contributed by atoms with van der Waals surface area (Å²) in [6.07, 6.45) is 0.405. The first kappa shape index (κ1) is 20.9. The van der Waals surface area contributed by atoms with Gasteiger partial charge in [-0.25, -0.2) is 0 Å². The SMILES string of the molecule is CC(C)(C)CC(=O)N1CCN2C(=O)c3cc(-c4ccc(Cl)s4)ccc3NC(=O)C2C1. The Bertz CT molecular complexity index is 1030. The fourth-order valence-electron chi connectivity index (χ4n) is 3.87. The molecule has 3 amide bonds. The molecular formula is C22H24ClN3O3S. The summed E-state index contributed by atoms with van der Waals surface area (Å²) >= 11 is 7.49. The van der Waals surface area contributed by atoms with Gasteiger partial charge in [-0.15, -0.1) is 11.3 Å². The van der Waals surface area contributed by atoms with Crippen LogP contribution in [0.4, 0.5) is 5.69 Å². The molecule has 1 saturated heterocycles. The van der Waals surface area contributed by atoms with Crippen LogP contribution < -0.4 is 5.32 Å². The predicted octanol–water partition coefficient (Wildman–Crippen LogP) is 4.11. The van der Waals surface area contributed by atoms with Crippen LogP contribution in [0.1, 0.15) is 37.6 Å². The summed E-state index contributed by atoms with van der Waals surface area (Å²) in [7, 11) is 0. The number of hydrogen-bond acceptors (Lipinski definition) is 4. The first-order valence-corrected chi connectivity index (χ1v) is 11.1. The molecule has 3 heterocycles. The minimum Gasteiger partial charge on any atom is -0.338 e. The Morgan fingerprint density at radius 2 is 1.97 bits per heavy atom. The van der Waals surface area contributed by atoms with E-state index in [2.05, 4.69) is 5.32 Å². The summed E-state index contributed by atoms with van der Waals surface area (Å²) in [4.78, 5) is 43.1. The number of benzene rings is 1. The van der Waals surface area contributed by atoms with Gasteiger partial charge < -0.3 is 15.1 Å². The molecule has 158 valence electrons. The Morgan fingerprint density at radius 1 is 1.20 bits per heavy atom. The van der Waals surface area contributed by atoms with Gasteiger partial charge in [-0.1, -0.05) is 38.4 Å². The van der Waals surface area contributed by atoms with Crippen molar-refractivity contribution >= 4 is 46.3 Å². The molecule has 1 atom stereocenters. The number of hydrogen-bond donors (Lipinski definition) is 1. The van der Waals surface area contributed by atoms with Gasteiger partial charge >= 0.3 is 0 Å². The molecule has 8 heteroatoms. The van der Waals surface area contributed by atoms with Crippen molar-refractivity contribution in [3.63, 3.8) is 0 Å². The lowest BCUT2D eigenvalue weighted by Crippen LogP contribution is -2.59. The number of rotatable bonds is 2. The average Bonchev–Trinajstić information content (AvgIpc) is 3.08. The number of carbonyl (C=O) groups is 3. The molecule has 0 aliphatic carbocycles. The summed E-state index contributed by atoms with van der Waals surface area (Å²) in [5, 5.41) is 2.88. The second-order valence-corrected chi connectivity index (χ2v) is 10.7. The van der Waals surface area contributed by atoms with E-state index in [0.29, 0.717) is 35.1 Å². The normalized spacial score (nSPS) is 19.1. The molecule has 0 saturated carbocycles. The van der Waals surface area contributed by atoms with Crippen molar-refractivity contribution in [2.24, 2.45) is 5.41 Å². The van der Waals surface area contributed by atoms with E-state index in [4.69, 9.17) is 11.6 Å². The van der Waals surface area contributed by atoms with Gasteiger partial charge in [0, 0.05) is 24.4 Å². The predicted molar refractivity (Wildman–Crippen MR) is 119 cm³/mol. The number of carbonyl (C=O) groups excluding carboxylic acids is 3. The molecule has 1 aromatic carbocycles. The van der Waals surface area contributed by atoms with Crippen LogP contribution in [0.25, 0.3) is 10.4 Å². The molecule has 2 aliphatic heterocycles. The molecule has 30 heavy (non-hydrogen) atoms. The molecule has 1 fully saturated rings. The van der Waals surface area contributed by atoms with Crippen LogP contribution >= 0.6 is 22.9 Å². The van der Waals surface area contributed by atoms with E-state index in [-0.39, 0.29) is 29.7 Å². The zero-order chi connectivity index (χ0) is 21.6. The van der Waals surface area contributed by atoms with Crippen molar-refractivity contribution in [1.29, 1.82) is 0 Å². The van der Waals surface area contributed by atoms with Crippen molar-refractivity contribution in [3.05, 3.63) is 40.2 Å². The van der Waals surface area contributed by atoms with E-state index in [1.807, 2.05) is 39.0 Å². The van der Waals surface area contributed by atoms with Crippen LogP contribution in [0.2, 0.25) is 4.34 Å². The number of piperazine rings is 1. The van der Waals surface area contributed by atoms with Crippen molar-refractivity contribution in [2.75, 3.05) is 25.0 Å². The number of anilines is 1. The van der Waals surface area contributed by atoms with Crippen LogP contribution in [0.3, 0.4) is 0 Å². The maximum Gasteiger partial charge on any atom is 0.256 e. The largest absolute Gasteiger partial charge is 0.338 e. The highest BCUT2D eigenvalue weighted by molar-refractivity contribution is 7.19. The fourth-order valence-corrected chi connectivity index (χ4v) is 4.91. The minimum atomic E-state index is -0.692. The number of nitrogens with one attached hydrogen (secondary N) is 1. The fraction of sp³-hybridized carbons (Fsp3) is 0.409. The number of thiophene rings is 1. The average molecular weight is 446 g/mol. The number of amides is 3. The molecular weight excluding hydrogens is 422 g/mol. The Labute approximate surface area is 184 Å². The van der Waals surface area contributed by atoms with Gasteiger partial charge in [0.05, 0.1) is 22.1 Å². The summed E-state index contributed by atoms with van der Waals surface area (Å²) in [5.74, 6) is -0.441. The second kappa shape index (κ2) is 7.71. The van der Waals surface area contributed by atoms with E-state index < -0.39 is 6.04 Å². The summed E-state index contributed by atoms with van der Waals surface area (Å²) in [6, 6.07) is 8.48. The number of fused-ring (bicyclic) bond motifs is 2. The topological polar surface area (TPSA) is 69.7 Å². The van der Waals surface area contributed by atoms with Crippen LogP contribution in [-0.4, -0.2) is 53.2 Å². The number of nitrogens with zero attached hydrogens (tertiary/aromatic N) is 2. The molecule has 0 bridgehead atoms. The number of halogens is 1. The van der Waals surface area contributed by atoms with Crippen molar-refractivity contribution in [1.82, 2.24) is 9.80 Å². The molecule has 6 nitrogen and oxygen atoms in total. The van der Waals surface area contributed by atoms with Gasteiger partial charge in [0.2, 0.25) is 11.8 Å². The van der Waals surface area contributed by atoms with Crippen LogP contribution in [-0.2, 0) is 9.59 Å². The maximum atomic E-state index is 13.3. The van der Waals surface area contributed by atoms with E-state index in [9.17, 15) is 14.4 Å². The highest BCUT2D eigenvalue weighted by Gasteiger charge is 2.40. The Kier molecular flexibility index (Phi) is 5.36. The highest BCUT2D eigenvalue weighted by Crippen LogP contribution is 2.35. The van der Waals surface area contributed by atoms with E-state index in [0.717, 1.165) is 10.4 Å². The van der Waals surface area contributed by atoms with E-state index in [1.165, 1.54) is 11.3 Å². The molecule has 1 aromatic heterocycles. The van der Waals surface area contributed by atoms with Gasteiger partial charge in [0.15, 0.2) is 0 Å². The van der Waals surface area contributed by atoms with Gasteiger partial charge in [-0.05, 0) is 35.2 Å². The quantitative estimate of drug-likeness (QED) is 0.756. The van der Waals surface area contributed by atoms with Gasteiger partial charge in [0.25, 0.3) is 5.91 Å². The van der Waals surface area contributed by atoms with Gasteiger partial charge in [-0.3, -0.25) is 14.4 Å². The van der Waals surface area contributed by atoms with Crippen LogP contribution in [0.5, 0.6) is 0 Å². The summed E-state index contributed by atoms with van der Waals surface area (Å²) in [5.41, 5.74) is 1.71. The zero-order valence-corrected chi connectivity index (χ0v) is 18.8. The van der Waals surface area contributed by atoms with Crippen molar-refractivity contribution in [3.8, 4) is 10.4 Å². The monoisotopic (exact) mass is 445 g/mol. The van der Waals surface area contributed by atoms with Crippen LogP contribution in [0.15, 0.2) is 30.3 Å². The molecule has 1 N–H and O–H groups in total. The molecule has 2 aliphatic rings. The molecule has 0 radical (unpaired) electrons. The standard InChI is InChI=1S/C22H24ClN3O3S/c1-22(2,3)11-19(27)25-8-9-26-16(12-25)20(28)24-15-5-4-13(10-14(15)21(26)29)17-6-7-18(23)30-17/h4-7,10,16H,8-9,11-12H2,1-3H3,(H,24,28). The van der Waals surface area contributed by atoms with Gasteiger partial charge in [-0.2, -0.15) is 0 Å². The third kappa shape index (κ3) is 4.09. The minimum absolute atomic E-state index is 0.0148. The lowest BCUT2D eigenvalue weighted by molar-refractivity contribution is -0.137.